The first-order chi connectivity index (χ1) is 9.90. The highest BCUT2D eigenvalue weighted by molar-refractivity contribution is 4.96. The highest BCUT2D eigenvalue weighted by Gasteiger charge is 2.40. The van der Waals surface area contributed by atoms with Crippen LogP contribution in [0.3, 0.4) is 0 Å². The Morgan fingerprint density at radius 1 is 0.800 bits per heavy atom. The maximum absolute atomic E-state index is 3.84. The third-order valence-corrected chi connectivity index (χ3v) is 6.16. The molecule has 4 unspecified atom stereocenters. The van der Waals surface area contributed by atoms with E-state index in [0.29, 0.717) is 0 Å². The second-order valence-electron chi connectivity index (χ2n) is 7.36. The summed E-state index contributed by atoms with van der Waals surface area (Å²) in [5, 5.41) is 3.84. The molecular weight excluding hydrogens is 244 g/mol. The predicted octanol–water partition coefficient (Wildman–Crippen LogP) is 3.95. The molecule has 3 aliphatic rings. The molecule has 116 valence electrons. The lowest BCUT2D eigenvalue weighted by Crippen LogP contribution is -2.56. The molecule has 3 rings (SSSR count). The Hall–Kier alpha value is -0.0800. The van der Waals surface area contributed by atoms with Gasteiger partial charge >= 0.3 is 0 Å². The van der Waals surface area contributed by atoms with Gasteiger partial charge < -0.3 is 5.32 Å². The molecule has 2 saturated carbocycles. The topological polar surface area (TPSA) is 15.3 Å². The first-order valence-electron chi connectivity index (χ1n) is 9.39. The van der Waals surface area contributed by atoms with Gasteiger partial charge in [0.2, 0.25) is 0 Å². The quantitative estimate of drug-likeness (QED) is 0.841. The average molecular weight is 278 g/mol. The minimum Gasteiger partial charge on any atom is -0.313 e. The number of likely N-dealkylation sites (N-methyl/N-ethyl adjacent to an activating group) is 1. The number of hydrogen-bond donors (Lipinski definition) is 1. The van der Waals surface area contributed by atoms with Crippen molar-refractivity contribution in [3.63, 3.8) is 0 Å². The highest BCUT2D eigenvalue weighted by Crippen LogP contribution is 2.39. The Bertz CT molecular complexity index is 291. The van der Waals surface area contributed by atoms with Gasteiger partial charge in [-0.05, 0) is 57.5 Å². The second kappa shape index (κ2) is 7.26. The molecule has 1 saturated heterocycles. The molecule has 0 aromatic heterocycles. The lowest BCUT2D eigenvalue weighted by molar-refractivity contribution is 0.0389. The maximum atomic E-state index is 3.84. The van der Waals surface area contributed by atoms with Crippen LogP contribution in [-0.4, -0.2) is 36.1 Å². The van der Waals surface area contributed by atoms with Crippen molar-refractivity contribution >= 4 is 0 Å². The van der Waals surface area contributed by atoms with Crippen molar-refractivity contribution < 1.29 is 0 Å². The first kappa shape index (κ1) is 14.8. The van der Waals surface area contributed by atoms with E-state index in [1.54, 1.807) is 0 Å². The summed E-state index contributed by atoms with van der Waals surface area (Å²) in [6.45, 7) is 4.81. The van der Waals surface area contributed by atoms with Crippen LogP contribution in [0.15, 0.2) is 0 Å². The molecule has 1 aliphatic heterocycles. The molecule has 1 heterocycles. The number of likely N-dealkylation sites (tertiary alicyclic amines) is 1. The van der Waals surface area contributed by atoms with E-state index < -0.39 is 0 Å². The van der Waals surface area contributed by atoms with Crippen LogP contribution < -0.4 is 5.32 Å². The third kappa shape index (κ3) is 3.22. The molecule has 0 aromatic rings. The van der Waals surface area contributed by atoms with E-state index in [1.165, 1.54) is 77.2 Å². The van der Waals surface area contributed by atoms with Gasteiger partial charge in [-0.25, -0.2) is 0 Å². The third-order valence-electron chi connectivity index (χ3n) is 6.16. The average Bonchev–Trinajstić information content (AvgIpc) is 2.91. The molecule has 2 aliphatic carbocycles. The van der Waals surface area contributed by atoms with E-state index >= 15 is 0 Å². The van der Waals surface area contributed by atoms with Gasteiger partial charge in [-0.2, -0.15) is 0 Å². The summed E-state index contributed by atoms with van der Waals surface area (Å²) in [7, 11) is 0. The van der Waals surface area contributed by atoms with Crippen molar-refractivity contribution in [3.05, 3.63) is 0 Å². The summed E-state index contributed by atoms with van der Waals surface area (Å²) in [5.41, 5.74) is 0. The lowest BCUT2D eigenvalue weighted by atomic mass is 9.85. The monoisotopic (exact) mass is 278 g/mol. The minimum absolute atomic E-state index is 0.764. The van der Waals surface area contributed by atoms with E-state index in [9.17, 15) is 0 Å². The van der Waals surface area contributed by atoms with Crippen molar-refractivity contribution in [2.75, 3.05) is 13.1 Å². The fraction of sp³-hybridized carbons (Fsp3) is 1.00. The maximum Gasteiger partial charge on any atom is 0.0252 e. The Morgan fingerprint density at radius 2 is 1.55 bits per heavy atom. The zero-order chi connectivity index (χ0) is 13.8. The summed E-state index contributed by atoms with van der Waals surface area (Å²) < 4.78 is 0. The van der Waals surface area contributed by atoms with Gasteiger partial charge in [-0.3, -0.25) is 4.90 Å². The number of nitrogens with zero attached hydrogens (tertiary/aromatic N) is 1. The Balaban J connectivity index is 1.72. The van der Waals surface area contributed by atoms with Crippen molar-refractivity contribution in [2.24, 2.45) is 5.92 Å². The molecule has 0 amide bonds. The molecule has 2 heteroatoms. The Morgan fingerprint density at radius 3 is 2.40 bits per heavy atom. The van der Waals surface area contributed by atoms with E-state index in [1.807, 2.05) is 0 Å². The van der Waals surface area contributed by atoms with Gasteiger partial charge in [0.05, 0.1) is 0 Å². The molecule has 0 radical (unpaired) electrons. The van der Waals surface area contributed by atoms with Gasteiger partial charge in [0, 0.05) is 18.1 Å². The Labute approximate surface area is 125 Å². The molecule has 0 aromatic carbocycles. The van der Waals surface area contributed by atoms with Crippen LogP contribution in [0.1, 0.15) is 77.6 Å². The predicted molar refractivity (Wildman–Crippen MR) is 86.0 cm³/mol. The van der Waals surface area contributed by atoms with Gasteiger partial charge in [-0.1, -0.05) is 39.0 Å². The van der Waals surface area contributed by atoms with Crippen LogP contribution >= 0.6 is 0 Å². The summed E-state index contributed by atoms with van der Waals surface area (Å²) >= 11 is 0. The number of hydrogen-bond acceptors (Lipinski definition) is 2. The smallest absolute Gasteiger partial charge is 0.0252 e. The van der Waals surface area contributed by atoms with E-state index in [4.69, 9.17) is 0 Å². The molecule has 1 N–H and O–H groups in total. The zero-order valence-electron chi connectivity index (χ0n) is 13.4. The molecular formula is C18H34N2. The Kier molecular flexibility index (Phi) is 5.39. The van der Waals surface area contributed by atoms with Crippen LogP contribution in [0.5, 0.6) is 0 Å². The van der Waals surface area contributed by atoms with Crippen molar-refractivity contribution in [2.45, 2.75) is 95.7 Å². The van der Waals surface area contributed by atoms with Crippen LogP contribution in [-0.2, 0) is 0 Å². The normalized spacial score (nSPS) is 40.0. The molecule has 0 spiro atoms. The minimum atomic E-state index is 0.764. The fourth-order valence-electron chi connectivity index (χ4n) is 5.27. The van der Waals surface area contributed by atoms with Crippen LogP contribution in [0.2, 0.25) is 0 Å². The van der Waals surface area contributed by atoms with Crippen molar-refractivity contribution in [3.8, 4) is 0 Å². The lowest BCUT2D eigenvalue weighted by Gasteiger charge is -2.46. The summed E-state index contributed by atoms with van der Waals surface area (Å²) in [6.07, 6.45) is 16.1. The number of rotatable bonds is 3. The standard InChI is InChI=1S/C18H34N2/c1-2-19-16-11-5-3-4-6-12-18(16)20-14-8-10-15-9-7-13-17(15)20/h15-19H,2-14H2,1H3. The number of fused-ring (bicyclic) bond motifs is 1. The zero-order valence-corrected chi connectivity index (χ0v) is 13.4. The molecule has 4 atom stereocenters. The van der Waals surface area contributed by atoms with Crippen molar-refractivity contribution in [1.82, 2.24) is 10.2 Å². The summed E-state index contributed by atoms with van der Waals surface area (Å²) in [5.74, 6) is 1.04. The summed E-state index contributed by atoms with van der Waals surface area (Å²) in [4.78, 5) is 2.97. The van der Waals surface area contributed by atoms with E-state index in [-0.39, 0.29) is 0 Å². The largest absolute Gasteiger partial charge is 0.313 e. The van der Waals surface area contributed by atoms with Crippen LogP contribution in [0.4, 0.5) is 0 Å². The van der Waals surface area contributed by atoms with Crippen LogP contribution in [0.25, 0.3) is 0 Å². The molecule has 3 fully saturated rings. The van der Waals surface area contributed by atoms with E-state index in [0.717, 1.165) is 30.6 Å². The van der Waals surface area contributed by atoms with Gasteiger partial charge in [0.1, 0.15) is 0 Å². The highest BCUT2D eigenvalue weighted by atomic mass is 15.2. The van der Waals surface area contributed by atoms with Crippen LogP contribution in [0, 0.1) is 5.92 Å². The van der Waals surface area contributed by atoms with Gasteiger partial charge in [0.15, 0.2) is 0 Å². The summed E-state index contributed by atoms with van der Waals surface area (Å²) in [6, 6.07) is 2.54. The second-order valence-corrected chi connectivity index (χ2v) is 7.36. The van der Waals surface area contributed by atoms with E-state index in [2.05, 4.69) is 17.1 Å². The van der Waals surface area contributed by atoms with Crippen molar-refractivity contribution in [1.29, 1.82) is 0 Å². The number of nitrogens with one attached hydrogen (secondary N) is 1. The molecule has 0 bridgehead atoms. The number of piperidine rings is 1. The molecule has 20 heavy (non-hydrogen) atoms. The van der Waals surface area contributed by atoms with Gasteiger partial charge in [-0.15, -0.1) is 0 Å². The first-order valence-corrected chi connectivity index (χ1v) is 9.39. The van der Waals surface area contributed by atoms with Gasteiger partial charge in [0.25, 0.3) is 0 Å². The fourth-order valence-corrected chi connectivity index (χ4v) is 5.27. The molecule has 2 nitrogen and oxygen atoms in total. The SMILES string of the molecule is CCNC1CCCCCCC1N1CCCC2CCCC21.